The van der Waals surface area contributed by atoms with E-state index in [9.17, 15) is 4.79 Å². The van der Waals surface area contributed by atoms with Gasteiger partial charge in [0.05, 0.1) is 17.6 Å². The maximum atomic E-state index is 13.0. The number of hydrogen-bond acceptors (Lipinski definition) is 3. The average molecular weight is 363 g/mol. The number of para-hydroxylation sites is 2. The number of carbonyl (C=O) groups excluding carboxylic acids is 1. The molecule has 2 aromatic carbocycles. The van der Waals surface area contributed by atoms with Crippen molar-refractivity contribution in [3.8, 4) is 5.75 Å². The summed E-state index contributed by atoms with van der Waals surface area (Å²) in [7, 11) is 0. The quantitative estimate of drug-likeness (QED) is 0.696. The molecule has 0 saturated carbocycles. The smallest absolute Gasteiger partial charge is 0.242 e. The molecule has 1 amide bonds. The fourth-order valence-corrected chi connectivity index (χ4v) is 3.81. The van der Waals surface area contributed by atoms with Crippen LogP contribution in [-0.2, 0) is 30.7 Å². The Bertz CT molecular complexity index is 977. The number of aromatic nitrogens is 2. The van der Waals surface area contributed by atoms with Crippen LogP contribution < -0.4 is 4.74 Å². The molecule has 2 heterocycles. The van der Waals surface area contributed by atoms with Gasteiger partial charge in [-0.25, -0.2) is 4.98 Å². The molecule has 0 spiro atoms. The first-order valence-electron chi connectivity index (χ1n) is 9.66. The number of carbonyl (C=O) groups is 1. The van der Waals surface area contributed by atoms with E-state index < -0.39 is 0 Å². The average Bonchev–Trinajstić information content (AvgIpc) is 3.05. The van der Waals surface area contributed by atoms with Crippen molar-refractivity contribution >= 4 is 16.9 Å². The highest BCUT2D eigenvalue weighted by atomic mass is 16.5. The summed E-state index contributed by atoms with van der Waals surface area (Å²) in [6.07, 6.45) is 1.70. The first kappa shape index (κ1) is 17.6. The molecule has 0 bridgehead atoms. The summed E-state index contributed by atoms with van der Waals surface area (Å²) in [5.41, 5.74) is 4.47. The van der Waals surface area contributed by atoms with Gasteiger partial charge in [0.1, 0.15) is 18.1 Å². The molecule has 1 aliphatic heterocycles. The molecule has 0 atom stereocenters. The maximum Gasteiger partial charge on any atom is 0.242 e. The zero-order chi connectivity index (χ0) is 18.8. The van der Waals surface area contributed by atoms with Crippen LogP contribution in [0.5, 0.6) is 5.75 Å². The van der Waals surface area contributed by atoms with Crippen molar-refractivity contribution in [1.29, 1.82) is 0 Å². The molecule has 0 aliphatic carbocycles. The second-order valence-electron chi connectivity index (χ2n) is 6.89. The minimum atomic E-state index is 0.139. The second-order valence-corrected chi connectivity index (χ2v) is 6.89. The molecule has 0 unspecified atom stereocenters. The lowest BCUT2D eigenvalue weighted by molar-refractivity contribution is -0.132. The molecule has 27 heavy (non-hydrogen) atoms. The van der Waals surface area contributed by atoms with Gasteiger partial charge >= 0.3 is 0 Å². The Kier molecular flexibility index (Phi) is 4.84. The molecule has 3 aromatic rings. The van der Waals surface area contributed by atoms with E-state index in [0.717, 1.165) is 42.0 Å². The van der Waals surface area contributed by atoms with Gasteiger partial charge in [-0.1, -0.05) is 25.1 Å². The maximum absolute atomic E-state index is 13.0. The van der Waals surface area contributed by atoms with Gasteiger partial charge in [-0.05, 0) is 48.7 Å². The zero-order valence-electron chi connectivity index (χ0n) is 15.9. The van der Waals surface area contributed by atoms with Crippen molar-refractivity contribution in [2.24, 2.45) is 0 Å². The topological polar surface area (TPSA) is 47.4 Å². The van der Waals surface area contributed by atoms with Crippen LogP contribution in [-0.4, -0.2) is 33.5 Å². The largest absolute Gasteiger partial charge is 0.494 e. The third-order valence-electron chi connectivity index (χ3n) is 5.20. The highest BCUT2D eigenvalue weighted by Crippen LogP contribution is 2.25. The van der Waals surface area contributed by atoms with Crippen LogP contribution in [0.3, 0.4) is 0 Å². The van der Waals surface area contributed by atoms with Crippen LogP contribution in [0, 0.1) is 0 Å². The van der Waals surface area contributed by atoms with E-state index >= 15 is 0 Å². The number of benzene rings is 2. The Labute approximate surface area is 159 Å². The van der Waals surface area contributed by atoms with E-state index in [4.69, 9.17) is 4.74 Å². The monoisotopic (exact) mass is 363 g/mol. The third kappa shape index (κ3) is 3.42. The number of nitrogens with zero attached hydrogens (tertiary/aromatic N) is 3. The predicted molar refractivity (Wildman–Crippen MR) is 106 cm³/mol. The van der Waals surface area contributed by atoms with Gasteiger partial charge in [0.15, 0.2) is 0 Å². The van der Waals surface area contributed by atoms with Gasteiger partial charge < -0.3 is 14.2 Å². The van der Waals surface area contributed by atoms with Crippen LogP contribution in [0.1, 0.15) is 30.8 Å². The number of aryl methyl sites for hydroxylation is 1. The van der Waals surface area contributed by atoms with Gasteiger partial charge in [-0.2, -0.15) is 0 Å². The fraction of sp³-hybridized carbons (Fsp3) is 0.364. The third-order valence-corrected chi connectivity index (χ3v) is 5.20. The molecule has 140 valence electrons. The minimum Gasteiger partial charge on any atom is -0.494 e. The number of rotatable bonds is 5. The van der Waals surface area contributed by atoms with Crippen molar-refractivity contribution in [2.75, 3.05) is 13.2 Å². The highest BCUT2D eigenvalue weighted by molar-refractivity contribution is 5.81. The molecule has 0 saturated heterocycles. The summed E-state index contributed by atoms with van der Waals surface area (Å²) >= 11 is 0. The Morgan fingerprint density at radius 2 is 2.00 bits per heavy atom. The van der Waals surface area contributed by atoms with Crippen molar-refractivity contribution in [3.63, 3.8) is 0 Å². The fourth-order valence-electron chi connectivity index (χ4n) is 3.81. The predicted octanol–water partition coefficient (Wildman–Crippen LogP) is 3.58. The van der Waals surface area contributed by atoms with Crippen molar-refractivity contribution in [2.45, 2.75) is 39.8 Å². The molecule has 4 rings (SSSR count). The lowest BCUT2D eigenvalue weighted by atomic mass is 9.99. The molecule has 5 heteroatoms. The number of fused-ring (bicyclic) bond motifs is 2. The molecular weight excluding hydrogens is 338 g/mol. The molecule has 0 N–H and O–H groups in total. The summed E-state index contributed by atoms with van der Waals surface area (Å²) in [5.74, 6) is 1.97. The summed E-state index contributed by atoms with van der Waals surface area (Å²) in [4.78, 5) is 19.7. The number of ether oxygens (including phenoxy) is 1. The number of amides is 1. The van der Waals surface area contributed by atoms with Gasteiger partial charge in [0, 0.05) is 19.5 Å². The standard InChI is InChI=1S/C22H25N3O2/c1-3-21-23-19-7-5-6-8-20(19)25(21)15-22(26)24-12-11-16-9-10-18(27-4-2)13-17(16)14-24/h5-10,13H,3-4,11-12,14-15H2,1-2H3. The van der Waals surface area contributed by atoms with Crippen LogP contribution in [0.25, 0.3) is 11.0 Å². The summed E-state index contributed by atoms with van der Waals surface area (Å²) in [5, 5.41) is 0. The van der Waals surface area contributed by atoms with Crippen molar-refractivity contribution in [3.05, 3.63) is 59.4 Å². The normalized spacial score (nSPS) is 13.6. The molecule has 0 fully saturated rings. The van der Waals surface area contributed by atoms with Crippen LogP contribution in [0.15, 0.2) is 42.5 Å². The SMILES string of the molecule is CCOc1ccc2c(c1)CN(C(=O)Cn1c(CC)nc3ccccc31)CC2. The molecular formula is C22H25N3O2. The van der Waals surface area contributed by atoms with E-state index in [1.807, 2.05) is 42.2 Å². The molecule has 1 aliphatic rings. The summed E-state index contributed by atoms with van der Waals surface area (Å²) in [6.45, 7) is 6.45. The number of imidazole rings is 1. The lowest BCUT2D eigenvalue weighted by Crippen LogP contribution is -2.38. The lowest BCUT2D eigenvalue weighted by Gasteiger charge is -2.29. The number of hydrogen-bond donors (Lipinski definition) is 0. The van der Waals surface area contributed by atoms with E-state index in [1.54, 1.807) is 0 Å². The van der Waals surface area contributed by atoms with Crippen LogP contribution in [0.2, 0.25) is 0 Å². The first-order chi connectivity index (χ1) is 13.2. The Morgan fingerprint density at radius 3 is 2.81 bits per heavy atom. The van der Waals surface area contributed by atoms with E-state index in [-0.39, 0.29) is 5.91 Å². The summed E-state index contributed by atoms with van der Waals surface area (Å²) < 4.78 is 7.67. The Balaban J connectivity index is 1.55. The summed E-state index contributed by atoms with van der Waals surface area (Å²) in [6, 6.07) is 14.2. The Hall–Kier alpha value is -2.82. The van der Waals surface area contributed by atoms with E-state index in [2.05, 4.69) is 28.6 Å². The van der Waals surface area contributed by atoms with E-state index in [1.165, 1.54) is 11.1 Å². The zero-order valence-corrected chi connectivity index (χ0v) is 15.9. The second kappa shape index (κ2) is 7.43. The van der Waals surface area contributed by atoms with Crippen molar-refractivity contribution in [1.82, 2.24) is 14.5 Å². The molecule has 1 aromatic heterocycles. The van der Waals surface area contributed by atoms with Crippen molar-refractivity contribution < 1.29 is 9.53 Å². The van der Waals surface area contributed by atoms with Crippen LogP contribution in [0.4, 0.5) is 0 Å². The first-order valence-corrected chi connectivity index (χ1v) is 9.66. The highest BCUT2D eigenvalue weighted by Gasteiger charge is 2.22. The Morgan fingerprint density at radius 1 is 1.15 bits per heavy atom. The van der Waals surface area contributed by atoms with Gasteiger partial charge in [0.25, 0.3) is 0 Å². The minimum absolute atomic E-state index is 0.139. The van der Waals surface area contributed by atoms with Gasteiger partial charge in [-0.3, -0.25) is 4.79 Å². The van der Waals surface area contributed by atoms with Gasteiger partial charge in [-0.15, -0.1) is 0 Å². The molecule has 5 nitrogen and oxygen atoms in total. The van der Waals surface area contributed by atoms with E-state index in [0.29, 0.717) is 19.7 Å². The van der Waals surface area contributed by atoms with Gasteiger partial charge in [0.2, 0.25) is 5.91 Å². The van der Waals surface area contributed by atoms with Crippen LogP contribution >= 0.6 is 0 Å². The molecule has 0 radical (unpaired) electrons.